The number of hydrogen-bond acceptors (Lipinski definition) is 2. The quantitative estimate of drug-likeness (QED) is 0.500. The van der Waals surface area contributed by atoms with Crippen molar-refractivity contribution in [2.24, 2.45) is 10.9 Å². The van der Waals surface area contributed by atoms with Gasteiger partial charge in [0, 0.05) is 24.7 Å². The van der Waals surface area contributed by atoms with Crippen LogP contribution in [0.4, 0.5) is 10.1 Å². The fourth-order valence-electron chi connectivity index (χ4n) is 2.43. The summed E-state index contributed by atoms with van der Waals surface area (Å²) in [5.41, 5.74) is 3.30. The number of hydrogen-bond donors (Lipinski definition) is 3. The van der Waals surface area contributed by atoms with E-state index >= 15 is 0 Å². The number of benzene rings is 2. The molecule has 0 bridgehead atoms. The Hall–Kier alpha value is -2.89. The number of nitrogens with zero attached hydrogens (tertiary/aromatic N) is 1. The smallest absolute Gasteiger partial charge is 0.226 e. The van der Waals surface area contributed by atoms with Crippen molar-refractivity contribution in [3.63, 3.8) is 0 Å². The van der Waals surface area contributed by atoms with Crippen LogP contribution in [0.1, 0.15) is 37.5 Å². The van der Waals surface area contributed by atoms with Gasteiger partial charge in [-0.2, -0.15) is 0 Å². The summed E-state index contributed by atoms with van der Waals surface area (Å²) in [6, 6.07) is 12.9. The average molecular weight is 384 g/mol. The largest absolute Gasteiger partial charge is 0.357 e. The predicted octanol–water partition coefficient (Wildman–Crippen LogP) is 3.98. The van der Waals surface area contributed by atoms with Gasteiger partial charge in [0.05, 0.1) is 6.54 Å². The first kappa shape index (κ1) is 21.4. The standard InChI is InChI=1S/C22H29FN4O/c1-5-24-22(26-14-18-7-6-16(4)20(23)12-18)25-13-17-8-10-19(11-9-17)27-21(28)15(2)3/h6-12,15H,5,13-14H2,1-4H3,(H,27,28)(H2,24,25,26). The maximum absolute atomic E-state index is 13.7. The fraction of sp³-hybridized carbons (Fsp3) is 0.364. The Morgan fingerprint density at radius 1 is 1.07 bits per heavy atom. The van der Waals surface area contributed by atoms with Crippen molar-refractivity contribution in [1.29, 1.82) is 0 Å². The van der Waals surface area contributed by atoms with E-state index < -0.39 is 0 Å². The first-order valence-corrected chi connectivity index (χ1v) is 9.56. The lowest BCUT2D eigenvalue weighted by Crippen LogP contribution is -2.36. The van der Waals surface area contributed by atoms with Gasteiger partial charge in [-0.15, -0.1) is 0 Å². The molecule has 0 aromatic heterocycles. The van der Waals surface area contributed by atoms with Crippen molar-refractivity contribution in [2.45, 2.75) is 40.8 Å². The zero-order valence-electron chi connectivity index (χ0n) is 17.0. The summed E-state index contributed by atoms with van der Waals surface area (Å²) in [7, 11) is 0. The topological polar surface area (TPSA) is 65.5 Å². The minimum absolute atomic E-state index is 0.0000159. The van der Waals surface area contributed by atoms with E-state index in [0.29, 0.717) is 24.6 Å². The lowest BCUT2D eigenvalue weighted by molar-refractivity contribution is -0.118. The number of carbonyl (C=O) groups is 1. The molecule has 0 atom stereocenters. The van der Waals surface area contributed by atoms with Gasteiger partial charge in [0.15, 0.2) is 5.96 Å². The molecule has 0 radical (unpaired) electrons. The molecule has 6 heteroatoms. The highest BCUT2D eigenvalue weighted by atomic mass is 19.1. The van der Waals surface area contributed by atoms with Crippen LogP contribution >= 0.6 is 0 Å². The van der Waals surface area contributed by atoms with Crippen LogP contribution in [0.25, 0.3) is 0 Å². The second-order valence-corrected chi connectivity index (χ2v) is 6.97. The molecule has 0 saturated carbocycles. The van der Waals surface area contributed by atoms with E-state index in [1.807, 2.05) is 51.1 Å². The van der Waals surface area contributed by atoms with Gasteiger partial charge in [-0.05, 0) is 48.7 Å². The van der Waals surface area contributed by atoms with Gasteiger partial charge in [0.1, 0.15) is 5.82 Å². The van der Waals surface area contributed by atoms with Crippen LogP contribution < -0.4 is 16.0 Å². The molecule has 5 nitrogen and oxygen atoms in total. The van der Waals surface area contributed by atoms with Crippen molar-refractivity contribution in [3.8, 4) is 0 Å². The van der Waals surface area contributed by atoms with Crippen LogP contribution in [0, 0.1) is 18.7 Å². The molecule has 2 rings (SSSR count). The highest BCUT2D eigenvalue weighted by Gasteiger charge is 2.07. The van der Waals surface area contributed by atoms with Crippen LogP contribution in [0.3, 0.4) is 0 Å². The molecule has 28 heavy (non-hydrogen) atoms. The molecule has 0 fully saturated rings. The number of nitrogens with one attached hydrogen (secondary N) is 3. The summed E-state index contributed by atoms with van der Waals surface area (Å²) >= 11 is 0. The number of halogens is 1. The summed E-state index contributed by atoms with van der Waals surface area (Å²) in [6.07, 6.45) is 0. The molecule has 0 heterocycles. The third kappa shape index (κ3) is 6.68. The van der Waals surface area contributed by atoms with Gasteiger partial charge >= 0.3 is 0 Å². The molecule has 0 spiro atoms. The summed E-state index contributed by atoms with van der Waals surface area (Å²) in [5, 5.41) is 9.33. The monoisotopic (exact) mass is 384 g/mol. The molecule has 0 aliphatic rings. The molecule has 0 aliphatic heterocycles. The number of rotatable bonds is 7. The van der Waals surface area contributed by atoms with E-state index in [2.05, 4.69) is 20.9 Å². The highest BCUT2D eigenvalue weighted by molar-refractivity contribution is 5.92. The van der Waals surface area contributed by atoms with Gasteiger partial charge in [-0.3, -0.25) is 4.79 Å². The molecule has 150 valence electrons. The first-order chi connectivity index (χ1) is 13.4. The minimum Gasteiger partial charge on any atom is -0.357 e. The van der Waals surface area contributed by atoms with Crippen molar-refractivity contribution in [1.82, 2.24) is 10.6 Å². The fourth-order valence-corrected chi connectivity index (χ4v) is 2.43. The van der Waals surface area contributed by atoms with Crippen LogP contribution in [-0.4, -0.2) is 18.4 Å². The normalized spacial score (nSPS) is 11.4. The van der Waals surface area contributed by atoms with E-state index in [1.54, 1.807) is 13.0 Å². The second kappa shape index (κ2) is 10.4. The van der Waals surface area contributed by atoms with Crippen LogP contribution in [-0.2, 0) is 17.9 Å². The number of aliphatic imine (C=N–C) groups is 1. The van der Waals surface area contributed by atoms with E-state index in [1.165, 1.54) is 6.07 Å². The van der Waals surface area contributed by atoms with E-state index in [0.717, 1.165) is 23.4 Å². The third-order valence-corrected chi connectivity index (χ3v) is 4.21. The lowest BCUT2D eigenvalue weighted by Gasteiger charge is -2.12. The summed E-state index contributed by atoms with van der Waals surface area (Å²) in [6.45, 7) is 9.18. The Morgan fingerprint density at radius 3 is 2.36 bits per heavy atom. The Kier molecular flexibility index (Phi) is 7.99. The average Bonchev–Trinajstić information content (AvgIpc) is 2.67. The summed E-state index contributed by atoms with van der Waals surface area (Å²) in [5.74, 6) is 0.401. The molecular weight excluding hydrogens is 355 g/mol. The number of amides is 1. The van der Waals surface area contributed by atoms with Crippen LogP contribution in [0.5, 0.6) is 0 Å². The van der Waals surface area contributed by atoms with E-state index in [-0.39, 0.29) is 17.6 Å². The van der Waals surface area contributed by atoms with Gasteiger partial charge in [0.2, 0.25) is 5.91 Å². The number of guanidine groups is 1. The van der Waals surface area contributed by atoms with Crippen LogP contribution in [0.2, 0.25) is 0 Å². The molecular formula is C22H29FN4O. The SMILES string of the molecule is CCNC(=NCc1ccc(C)c(F)c1)NCc1ccc(NC(=O)C(C)C)cc1. The molecule has 2 aromatic rings. The van der Waals surface area contributed by atoms with Crippen molar-refractivity contribution in [3.05, 3.63) is 65.0 Å². The molecule has 0 saturated heterocycles. The Labute approximate surface area is 166 Å². The van der Waals surface area contributed by atoms with Gasteiger partial charge in [-0.1, -0.05) is 38.1 Å². The highest BCUT2D eigenvalue weighted by Crippen LogP contribution is 2.12. The number of anilines is 1. The van der Waals surface area contributed by atoms with Gasteiger partial charge < -0.3 is 16.0 Å². The number of carbonyl (C=O) groups excluding carboxylic acids is 1. The second-order valence-electron chi connectivity index (χ2n) is 6.97. The van der Waals surface area contributed by atoms with Gasteiger partial charge in [-0.25, -0.2) is 9.38 Å². The lowest BCUT2D eigenvalue weighted by atomic mass is 10.1. The zero-order valence-corrected chi connectivity index (χ0v) is 17.0. The molecule has 3 N–H and O–H groups in total. The van der Waals surface area contributed by atoms with Crippen molar-refractivity contribution < 1.29 is 9.18 Å². The maximum atomic E-state index is 13.7. The minimum atomic E-state index is -0.213. The van der Waals surface area contributed by atoms with E-state index in [9.17, 15) is 9.18 Å². The first-order valence-electron chi connectivity index (χ1n) is 9.56. The summed E-state index contributed by atoms with van der Waals surface area (Å²) < 4.78 is 13.7. The van der Waals surface area contributed by atoms with Crippen molar-refractivity contribution >= 4 is 17.6 Å². The predicted molar refractivity (Wildman–Crippen MR) is 113 cm³/mol. The Bertz CT molecular complexity index is 816. The Balaban J connectivity index is 1.94. The van der Waals surface area contributed by atoms with Crippen LogP contribution in [0.15, 0.2) is 47.5 Å². The maximum Gasteiger partial charge on any atom is 0.226 e. The molecule has 2 aromatic carbocycles. The number of aryl methyl sites for hydroxylation is 1. The van der Waals surface area contributed by atoms with E-state index in [4.69, 9.17) is 0 Å². The Morgan fingerprint density at radius 2 is 1.75 bits per heavy atom. The van der Waals surface area contributed by atoms with Gasteiger partial charge in [0.25, 0.3) is 0 Å². The molecule has 0 aliphatic carbocycles. The molecule has 0 unspecified atom stereocenters. The molecule has 1 amide bonds. The third-order valence-electron chi connectivity index (χ3n) is 4.21. The van der Waals surface area contributed by atoms with Crippen molar-refractivity contribution in [2.75, 3.05) is 11.9 Å². The summed E-state index contributed by atoms with van der Waals surface area (Å²) in [4.78, 5) is 16.3. The zero-order chi connectivity index (χ0) is 20.5.